The number of hydrogen-bond acceptors (Lipinski definition) is 3. The SMILES string of the molecule is Cn1cncc1CN1CCC(C)(O)C1. The summed E-state index contributed by atoms with van der Waals surface area (Å²) < 4.78 is 2.02. The summed E-state index contributed by atoms with van der Waals surface area (Å²) in [7, 11) is 2.00. The molecule has 0 aliphatic carbocycles. The maximum Gasteiger partial charge on any atom is 0.0945 e. The van der Waals surface area contributed by atoms with E-state index in [1.165, 1.54) is 5.69 Å². The van der Waals surface area contributed by atoms with Crippen molar-refractivity contribution >= 4 is 0 Å². The van der Waals surface area contributed by atoms with Crippen molar-refractivity contribution in [3.05, 3.63) is 18.2 Å². The van der Waals surface area contributed by atoms with E-state index in [1.807, 2.05) is 31.1 Å². The maximum absolute atomic E-state index is 9.80. The minimum Gasteiger partial charge on any atom is -0.389 e. The Labute approximate surface area is 84.2 Å². The zero-order valence-electron chi connectivity index (χ0n) is 8.77. The van der Waals surface area contributed by atoms with E-state index in [1.54, 1.807) is 0 Å². The molecule has 1 aromatic heterocycles. The number of rotatable bonds is 2. The lowest BCUT2D eigenvalue weighted by Crippen LogP contribution is -2.29. The van der Waals surface area contributed by atoms with Gasteiger partial charge in [0, 0.05) is 32.9 Å². The molecular formula is C10H17N3O. The van der Waals surface area contributed by atoms with Gasteiger partial charge in [-0.3, -0.25) is 4.90 Å². The van der Waals surface area contributed by atoms with Crippen LogP contribution in [0.4, 0.5) is 0 Å². The molecule has 0 spiro atoms. The number of nitrogens with zero attached hydrogens (tertiary/aromatic N) is 3. The second-order valence-corrected chi connectivity index (χ2v) is 4.45. The van der Waals surface area contributed by atoms with Gasteiger partial charge in [0.15, 0.2) is 0 Å². The van der Waals surface area contributed by atoms with Gasteiger partial charge in [-0.1, -0.05) is 0 Å². The number of β-amino-alcohol motifs (C(OH)–C–C–N with tert-alkyl or cyclic N) is 1. The summed E-state index contributed by atoms with van der Waals surface area (Å²) in [6.45, 7) is 4.51. The van der Waals surface area contributed by atoms with Gasteiger partial charge in [0.05, 0.1) is 17.6 Å². The van der Waals surface area contributed by atoms with Crippen molar-refractivity contribution in [2.75, 3.05) is 13.1 Å². The normalized spacial score (nSPS) is 28.5. The number of imidazole rings is 1. The van der Waals surface area contributed by atoms with Crippen molar-refractivity contribution in [1.29, 1.82) is 0 Å². The monoisotopic (exact) mass is 195 g/mol. The molecule has 0 aromatic carbocycles. The fourth-order valence-corrected chi connectivity index (χ4v) is 1.94. The maximum atomic E-state index is 9.80. The average Bonchev–Trinajstić information content (AvgIpc) is 2.61. The van der Waals surface area contributed by atoms with Crippen molar-refractivity contribution in [2.45, 2.75) is 25.5 Å². The first-order valence-electron chi connectivity index (χ1n) is 4.97. The summed E-state index contributed by atoms with van der Waals surface area (Å²) in [4.78, 5) is 6.33. The van der Waals surface area contributed by atoms with Crippen LogP contribution in [0.15, 0.2) is 12.5 Å². The van der Waals surface area contributed by atoms with Crippen LogP contribution in [0.5, 0.6) is 0 Å². The van der Waals surface area contributed by atoms with E-state index >= 15 is 0 Å². The molecule has 1 atom stereocenters. The summed E-state index contributed by atoms with van der Waals surface area (Å²) in [5.41, 5.74) is 0.696. The highest BCUT2D eigenvalue weighted by Gasteiger charge is 2.31. The molecule has 1 aliphatic rings. The Morgan fingerprint density at radius 2 is 2.43 bits per heavy atom. The lowest BCUT2D eigenvalue weighted by Gasteiger charge is -2.18. The van der Waals surface area contributed by atoms with Crippen LogP contribution in [0.2, 0.25) is 0 Å². The Kier molecular flexibility index (Phi) is 2.33. The summed E-state index contributed by atoms with van der Waals surface area (Å²) >= 11 is 0. The summed E-state index contributed by atoms with van der Waals surface area (Å²) in [5, 5.41) is 9.80. The van der Waals surface area contributed by atoms with Crippen molar-refractivity contribution in [1.82, 2.24) is 14.5 Å². The predicted octanol–water partition coefficient (Wildman–Crippen LogP) is 0.377. The first-order valence-corrected chi connectivity index (χ1v) is 4.97. The standard InChI is InChI=1S/C10H17N3O/c1-10(14)3-4-13(7-10)6-9-5-11-8-12(9)2/h5,8,14H,3-4,6-7H2,1-2H3. The van der Waals surface area contributed by atoms with Crippen LogP contribution < -0.4 is 0 Å². The van der Waals surface area contributed by atoms with Crippen LogP contribution in [0.3, 0.4) is 0 Å². The zero-order chi connectivity index (χ0) is 10.2. The molecule has 2 rings (SSSR count). The fourth-order valence-electron chi connectivity index (χ4n) is 1.94. The van der Waals surface area contributed by atoms with Crippen molar-refractivity contribution in [2.24, 2.45) is 7.05 Å². The van der Waals surface area contributed by atoms with Crippen LogP contribution in [-0.2, 0) is 13.6 Å². The third-order valence-corrected chi connectivity index (χ3v) is 2.83. The highest BCUT2D eigenvalue weighted by atomic mass is 16.3. The Morgan fingerprint density at radius 3 is 2.93 bits per heavy atom. The van der Waals surface area contributed by atoms with E-state index < -0.39 is 5.60 Å². The summed E-state index contributed by atoms with van der Waals surface area (Å²) in [6, 6.07) is 0. The summed E-state index contributed by atoms with van der Waals surface area (Å²) in [5.74, 6) is 0. The van der Waals surface area contributed by atoms with Crippen LogP contribution in [0, 0.1) is 0 Å². The van der Waals surface area contributed by atoms with Crippen molar-refractivity contribution < 1.29 is 5.11 Å². The van der Waals surface area contributed by atoms with Gasteiger partial charge in [0.1, 0.15) is 0 Å². The van der Waals surface area contributed by atoms with E-state index in [0.29, 0.717) is 0 Å². The molecule has 1 unspecified atom stereocenters. The molecule has 1 fully saturated rings. The topological polar surface area (TPSA) is 41.3 Å². The summed E-state index contributed by atoms with van der Waals surface area (Å²) in [6.07, 6.45) is 4.56. The van der Waals surface area contributed by atoms with Gasteiger partial charge < -0.3 is 9.67 Å². The van der Waals surface area contributed by atoms with E-state index in [4.69, 9.17) is 0 Å². The third kappa shape index (κ3) is 1.96. The highest BCUT2D eigenvalue weighted by molar-refractivity contribution is 4.99. The molecule has 1 aromatic rings. The van der Waals surface area contributed by atoms with Gasteiger partial charge in [-0.2, -0.15) is 0 Å². The Morgan fingerprint density at radius 1 is 1.64 bits per heavy atom. The third-order valence-electron chi connectivity index (χ3n) is 2.83. The minimum absolute atomic E-state index is 0.501. The molecule has 14 heavy (non-hydrogen) atoms. The Bertz CT molecular complexity index is 319. The van der Waals surface area contributed by atoms with Crippen molar-refractivity contribution in [3.8, 4) is 0 Å². The fraction of sp³-hybridized carbons (Fsp3) is 0.700. The van der Waals surface area contributed by atoms with Gasteiger partial charge in [-0.05, 0) is 13.3 Å². The van der Waals surface area contributed by atoms with Crippen molar-refractivity contribution in [3.63, 3.8) is 0 Å². The largest absolute Gasteiger partial charge is 0.389 e. The first kappa shape index (κ1) is 9.68. The first-order chi connectivity index (χ1) is 6.57. The van der Waals surface area contributed by atoms with Gasteiger partial charge in [-0.15, -0.1) is 0 Å². The van der Waals surface area contributed by atoms with Crippen LogP contribution in [0.1, 0.15) is 19.0 Å². The molecule has 4 heteroatoms. The second kappa shape index (κ2) is 3.37. The molecule has 1 N–H and O–H groups in total. The van der Waals surface area contributed by atoms with Gasteiger partial charge >= 0.3 is 0 Å². The number of hydrogen-bond donors (Lipinski definition) is 1. The van der Waals surface area contributed by atoms with Gasteiger partial charge in [0.25, 0.3) is 0 Å². The Balaban J connectivity index is 1.97. The predicted molar refractivity (Wildman–Crippen MR) is 53.7 cm³/mol. The second-order valence-electron chi connectivity index (χ2n) is 4.45. The van der Waals surface area contributed by atoms with Gasteiger partial charge in [-0.25, -0.2) is 4.98 Å². The van der Waals surface area contributed by atoms with E-state index in [-0.39, 0.29) is 0 Å². The molecule has 2 heterocycles. The average molecular weight is 195 g/mol. The number of likely N-dealkylation sites (tertiary alicyclic amines) is 1. The van der Waals surface area contributed by atoms with E-state index in [2.05, 4.69) is 9.88 Å². The lowest BCUT2D eigenvalue weighted by atomic mass is 10.1. The lowest BCUT2D eigenvalue weighted by molar-refractivity contribution is 0.0676. The Hall–Kier alpha value is -0.870. The number of aliphatic hydroxyl groups is 1. The van der Waals surface area contributed by atoms with Crippen LogP contribution >= 0.6 is 0 Å². The zero-order valence-corrected chi connectivity index (χ0v) is 8.77. The smallest absolute Gasteiger partial charge is 0.0945 e. The van der Waals surface area contributed by atoms with Crippen LogP contribution in [0.25, 0.3) is 0 Å². The molecule has 0 radical (unpaired) electrons. The highest BCUT2D eigenvalue weighted by Crippen LogP contribution is 2.21. The molecule has 0 bridgehead atoms. The molecule has 4 nitrogen and oxygen atoms in total. The number of aromatic nitrogens is 2. The number of aryl methyl sites for hydroxylation is 1. The minimum atomic E-state index is -0.501. The van der Waals surface area contributed by atoms with E-state index in [9.17, 15) is 5.11 Å². The molecular weight excluding hydrogens is 178 g/mol. The molecule has 0 saturated carbocycles. The molecule has 1 saturated heterocycles. The van der Waals surface area contributed by atoms with E-state index in [0.717, 1.165) is 26.1 Å². The molecule has 0 amide bonds. The molecule has 78 valence electrons. The van der Waals surface area contributed by atoms with Gasteiger partial charge in [0.2, 0.25) is 0 Å². The molecule has 1 aliphatic heterocycles. The quantitative estimate of drug-likeness (QED) is 0.741. The van der Waals surface area contributed by atoms with Crippen LogP contribution in [-0.4, -0.2) is 38.2 Å².